The summed E-state index contributed by atoms with van der Waals surface area (Å²) in [6, 6.07) is 8.98. The number of benzene rings is 1. The van der Waals surface area contributed by atoms with Gasteiger partial charge in [-0.25, -0.2) is 4.99 Å². The molecule has 1 aliphatic carbocycles. The number of nitrogens with zero attached hydrogens (tertiary/aromatic N) is 1. The number of nitrogens with two attached hydrogens (primary N) is 1. The summed E-state index contributed by atoms with van der Waals surface area (Å²) in [7, 11) is 0. The smallest absolute Gasteiger partial charge is 0.188 e. The fraction of sp³-hybridized carbons (Fsp3) is 0.562. The van der Waals surface area contributed by atoms with Crippen LogP contribution in [0, 0.1) is 12.8 Å². The maximum atomic E-state index is 6.03. The molecule has 0 aromatic heterocycles. The van der Waals surface area contributed by atoms with E-state index in [1.165, 1.54) is 17.5 Å². The molecule has 19 heavy (non-hydrogen) atoms. The van der Waals surface area contributed by atoms with Crippen molar-refractivity contribution in [3.8, 4) is 0 Å². The first kappa shape index (κ1) is 12.7. The van der Waals surface area contributed by atoms with E-state index in [2.05, 4.69) is 31.2 Å². The Kier molecular flexibility index (Phi) is 3.56. The van der Waals surface area contributed by atoms with Gasteiger partial charge in [-0.3, -0.25) is 0 Å². The minimum atomic E-state index is 0.280. The number of aliphatic imine (C=N–C) groups is 1. The molecule has 1 saturated carbocycles. The first-order chi connectivity index (χ1) is 9.24. The summed E-state index contributed by atoms with van der Waals surface area (Å²) in [6.07, 6.45) is 4.50. The second-order valence-electron chi connectivity index (χ2n) is 5.82. The van der Waals surface area contributed by atoms with Gasteiger partial charge in [-0.15, -0.1) is 0 Å². The van der Waals surface area contributed by atoms with Crippen LogP contribution >= 0.6 is 0 Å². The van der Waals surface area contributed by atoms with Crippen LogP contribution in [-0.2, 0) is 11.2 Å². The van der Waals surface area contributed by atoms with Gasteiger partial charge < -0.3 is 10.5 Å². The van der Waals surface area contributed by atoms with Gasteiger partial charge in [0.05, 0.1) is 6.04 Å². The maximum absolute atomic E-state index is 6.03. The quantitative estimate of drug-likeness (QED) is 0.905. The Morgan fingerprint density at radius 2 is 2.05 bits per heavy atom. The highest BCUT2D eigenvalue weighted by molar-refractivity contribution is 5.80. The lowest BCUT2D eigenvalue weighted by Gasteiger charge is -2.28. The SMILES string of the molecule is Cc1ccc(CC2=NC3CCC(CN)CC3O2)cc1. The average molecular weight is 258 g/mol. The van der Waals surface area contributed by atoms with Gasteiger partial charge >= 0.3 is 0 Å². The maximum Gasteiger partial charge on any atom is 0.188 e. The summed E-state index contributed by atoms with van der Waals surface area (Å²) in [5.41, 5.74) is 8.33. The van der Waals surface area contributed by atoms with Crippen molar-refractivity contribution in [1.29, 1.82) is 0 Å². The molecule has 2 N–H and O–H groups in total. The van der Waals surface area contributed by atoms with Crippen molar-refractivity contribution in [1.82, 2.24) is 0 Å². The van der Waals surface area contributed by atoms with Crippen LogP contribution < -0.4 is 5.73 Å². The average Bonchev–Trinajstić information content (AvgIpc) is 2.82. The molecule has 2 aliphatic rings. The molecule has 1 heterocycles. The predicted octanol–water partition coefficient (Wildman–Crippen LogP) is 2.46. The Hall–Kier alpha value is -1.35. The molecule has 0 amide bonds. The van der Waals surface area contributed by atoms with Crippen LogP contribution in [0.4, 0.5) is 0 Å². The summed E-state index contributed by atoms with van der Waals surface area (Å²) in [4.78, 5) is 4.75. The van der Waals surface area contributed by atoms with E-state index in [4.69, 9.17) is 15.5 Å². The summed E-state index contributed by atoms with van der Waals surface area (Å²) in [5.74, 6) is 1.53. The van der Waals surface area contributed by atoms with Crippen LogP contribution in [0.2, 0.25) is 0 Å². The standard InChI is InChI=1S/C16H22N2O/c1-11-2-4-12(5-3-11)9-16-18-14-7-6-13(10-17)8-15(14)19-16/h2-5,13-15H,6-10,17H2,1H3. The summed E-state index contributed by atoms with van der Waals surface area (Å²) >= 11 is 0. The van der Waals surface area contributed by atoms with Gasteiger partial charge in [0.25, 0.3) is 0 Å². The van der Waals surface area contributed by atoms with E-state index >= 15 is 0 Å². The Morgan fingerprint density at radius 1 is 1.26 bits per heavy atom. The van der Waals surface area contributed by atoms with Crippen LogP contribution in [0.5, 0.6) is 0 Å². The molecule has 102 valence electrons. The highest BCUT2D eigenvalue weighted by Gasteiger charge is 2.36. The number of ether oxygens (including phenoxy) is 1. The fourth-order valence-corrected chi connectivity index (χ4v) is 3.04. The second-order valence-corrected chi connectivity index (χ2v) is 5.82. The van der Waals surface area contributed by atoms with Crippen LogP contribution in [0.3, 0.4) is 0 Å². The number of fused-ring (bicyclic) bond motifs is 1. The van der Waals surface area contributed by atoms with E-state index in [0.717, 1.165) is 31.7 Å². The van der Waals surface area contributed by atoms with Crippen LogP contribution in [0.1, 0.15) is 30.4 Å². The molecule has 1 aromatic carbocycles. The lowest BCUT2D eigenvalue weighted by Crippen LogP contribution is -2.34. The molecule has 3 nitrogen and oxygen atoms in total. The van der Waals surface area contributed by atoms with E-state index in [0.29, 0.717) is 12.0 Å². The van der Waals surface area contributed by atoms with Gasteiger partial charge in [-0.05, 0) is 44.2 Å². The second kappa shape index (κ2) is 5.33. The molecule has 0 radical (unpaired) electrons. The zero-order valence-corrected chi connectivity index (χ0v) is 11.5. The largest absolute Gasteiger partial charge is 0.475 e. The summed E-state index contributed by atoms with van der Waals surface area (Å²) in [5, 5.41) is 0. The lowest BCUT2D eigenvalue weighted by atomic mass is 9.84. The topological polar surface area (TPSA) is 47.6 Å². The highest BCUT2D eigenvalue weighted by atomic mass is 16.5. The molecule has 0 saturated heterocycles. The Balaban J connectivity index is 1.63. The third-order valence-corrected chi connectivity index (χ3v) is 4.27. The third-order valence-electron chi connectivity index (χ3n) is 4.27. The van der Waals surface area contributed by atoms with E-state index in [-0.39, 0.29) is 6.10 Å². The van der Waals surface area contributed by atoms with Crippen molar-refractivity contribution in [3.05, 3.63) is 35.4 Å². The minimum Gasteiger partial charge on any atom is -0.475 e. The van der Waals surface area contributed by atoms with Crippen molar-refractivity contribution in [2.45, 2.75) is 44.8 Å². The minimum absolute atomic E-state index is 0.280. The third kappa shape index (κ3) is 2.81. The highest BCUT2D eigenvalue weighted by Crippen LogP contribution is 2.32. The predicted molar refractivity (Wildman–Crippen MR) is 77.4 cm³/mol. The van der Waals surface area contributed by atoms with Crippen molar-refractivity contribution < 1.29 is 4.74 Å². The van der Waals surface area contributed by atoms with Crippen molar-refractivity contribution in [2.75, 3.05) is 6.54 Å². The van der Waals surface area contributed by atoms with Gasteiger partial charge in [0, 0.05) is 6.42 Å². The van der Waals surface area contributed by atoms with Crippen LogP contribution in [0.15, 0.2) is 29.3 Å². The van der Waals surface area contributed by atoms with Gasteiger partial charge in [-0.2, -0.15) is 0 Å². The molecular weight excluding hydrogens is 236 g/mol. The zero-order valence-electron chi connectivity index (χ0n) is 11.5. The summed E-state index contributed by atoms with van der Waals surface area (Å²) < 4.78 is 6.03. The Bertz CT molecular complexity index is 466. The normalized spacial score (nSPS) is 29.6. The van der Waals surface area contributed by atoms with Crippen molar-refractivity contribution in [3.63, 3.8) is 0 Å². The molecular formula is C16H22N2O. The number of hydrogen-bond acceptors (Lipinski definition) is 3. The molecule has 1 aromatic rings. The molecule has 0 bridgehead atoms. The van der Waals surface area contributed by atoms with E-state index in [1.807, 2.05) is 0 Å². The fourth-order valence-electron chi connectivity index (χ4n) is 3.04. The molecule has 3 unspecified atom stereocenters. The molecule has 1 fully saturated rings. The molecule has 1 aliphatic heterocycles. The van der Waals surface area contributed by atoms with Gasteiger partial charge in [0.2, 0.25) is 0 Å². The lowest BCUT2D eigenvalue weighted by molar-refractivity contribution is 0.121. The van der Waals surface area contributed by atoms with Crippen molar-refractivity contribution >= 4 is 5.90 Å². The van der Waals surface area contributed by atoms with Crippen molar-refractivity contribution in [2.24, 2.45) is 16.6 Å². The molecule has 0 spiro atoms. The Morgan fingerprint density at radius 3 is 2.79 bits per heavy atom. The van der Waals surface area contributed by atoms with E-state index < -0.39 is 0 Å². The van der Waals surface area contributed by atoms with E-state index in [1.54, 1.807) is 0 Å². The summed E-state index contributed by atoms with van der Waals surface area (Å²) in [6.45, 7) is 2.88. The van der Waals surface area contributed by atoms with Crippen LogP contribution in [-0.4, -0.2) is 24.6 Å². The first-order valence-corrected chi connectivity index (χ1v) is 7.23. The van der Waals surface area contributed by atoms with Gasteiger partial charge in [0.1, 0.15) is 6.10 Å². The van der Waals surface area contributed by atoms with Gasteiger partial charge in [0.15, 0.2) is 5.90 Å². The molecule has 3 atom stereocenters. The number of hydrogen-bond donors (Lipinski definition) is 1. The van der Waals surface area contributed by atoms with Crippen LogP contribution in [0.25, 0.3) is 0 Å². The zero-order chi connectivity index (χ0) is 13.2. The Labute approximate surface area is 114 Å². The number of aryl methyl sites for hydroxylation is 1. The van der Waals surface area contributed by atoms with E-state index in [9.17, 15) is 0 Å². The molecule has 3 heteroatoms. The molecule has 3 rings (SSSR count). The number of rotatable bonds is 3. The van der Waals surface area contributed by atoms with Gasteiger partial charge in [-0.1, -0.05) is 29.8 Å². The monoisotopic (exact) mass is 258 g/mol. The first-order valence-electron chi connectivity index (χ1n) is 7.23.